The standard InChI is InChI=1S/C15H18N2S/c1-12-7-9-14(10-8-12)18-17-15(11-16)13-5-3-2-4-6-13/h2-10,15,17H,11,16H2,1H3. The molecule has 0 bridgehead atoms. The van der Waals surface area contributed by atoms with E-state index in [2.05, 4.69) is 48.0 Å². The number of benzene rings is 2. The molecule has 0 aromatic heterocycles. The molecule has 94 valence electrons. The fourth-order valence-corrected chi connectivity index (χ4v) is 2.47. The fraction of sp³-hybridized carbons (Fsp3) is 0.200. The van der Waals surface area contributed by atoms with Crippen molar-refractivity contribution in [2.75, 3.05) is 6.54 Å². The number of hydrogen-bond donors (Lipinski definition) is 2. The van der Waals surface area contributed by atoms with E-state index in [1.54, 1.807) is 11.9 Å². The summed E-state index contributed by atoms with van der Waals surface area (Å²) in [4.78, 5) is 1.20. The van der Waals surface area contributed by atoms with Crippen molar-refractivity contribution >= 4 is 11.9 Å². The Morgan fingerprint density at radius 3 is 2.33 bits per heavy atom. The Bertz CT molecular complexity index is 468. The minimum absolute atomic E-state index is 0.178. The van der Waals surface area contributed by atoms with Crippen LogP contribution >= 0.6 is 11.9 Å². The van der Waals surface area contributed by atoms with Crippen molar-refractivity contribution in [2.24, 2.45) is 5.73 Å². The molecule has 2 rings (SSSR count). The van der Waals surface area contributed by atoms with Crippen molar-refractivity contribution in [1.29, 1.82) is 0 Å². The predicted octanol–water partition coefficient (Wildman–Crippen LogP) is 3.29. The van der Waals surface area contributed by atoms with Crippen LogP contribution in [0.15, 0.2) is 59.5 Å². The quantitative estimate of drug-likeness (QED) is 0.808. The van der Waals surface area contributed by atoms with Crippen LogP contribution in [0.5, 0.6) is 0 Å². The molecule has 0 heterocycles. The summed E-state index contributed by atoms with van der Waals surface area (Å²) < 4.78 is 3.41. The first kappa shape index (κ1) is 13.1. The highest BCUT2D eigenvalue weighted by Gasteiger charge is 2.08. The van der Waals surface area contributed by atoms with E-state index in [4.69, 9.17) is 5.73 Å². The molecule has 0 aliphatic rings. The van der Waals surface area contributed by atoms with Crippen LogP contribution in [0.1, 0.15) is 17.2 Å². The SMILES string of the molecule is Cc1ccc(SNC(CN)c2ccccc2)cc1. The van der Waals surface area contributed by atoms with Gasteiger partial charge in [-0.15, -0.1) is 0 Å². The summed E-state index contributed by atoms with van der Waals surface area (Å²) in [5.74, 6) is 0. The van der Waals surface area contributed by atoms with Gasteiger partial charge >= 0.3 is 0 Å². The smallest absolute Gasteiger partial charge is 0.0547 e. The highest BCUT2D eigenvalue weighted by molar-refractivity contribution is 7.97. The van der Waals surface area contributed by atoms with Gasteiger partial charge in [-0.1, -0.05) is 48.0 Å². The van der Waals surface area contributed by atoms with E-state index < -0.39 is 0 Å². The number of nitrogens with two attached hydrogens (primary N) is 1. The minimum atomic E-state index is 0.178. The van der Waals surface area contributed by atoms with Crippen LogP contribution in [0.3, 0.4) is 0 Å². The first-order valence-corrected chi connectivity index (χ1v) is 6.85. The van der Waals surface area contributed by atoms with Crippen LogP contribution in [0.4, 0.5) is 0 Å². The maximum atomic E-state index is 5.82. The summed E-state index contributed by atoms with van der Waals surface area (Å²) in [6.07, 6.45) is 0. The summed E-state index contributed by atoms with van der Waals surface area (Å²) in [6.45, 7) is 2.68. The molecule has 2 nitrogen and oxygen atoms in total. The van der Waals surface area contributed by atoms with E-state index in [0.29, 0.717) is 6.54 Å². The molecule has 3 heteroatoms. The van der Waals surface area contributed by atoms with Crippen molar-refractivity contribution in [3.05, 3.63) is 65.7 Å². The Labute approximate surface area is 113 Å². The zero-order valence-electron chi connectivity index (χ0n) is 10.5. The van der Waals surface area contributed by atoms with Crippen molar-refractivity contribution in [2.45, 2.75) is 17.9 Å². The molecule has 0 saturated carbocycles. The molecule has 1 atom stereocenters. The third-order valence-electron chi connectivity index (χ3n) is 2.78. The third kappa shape index (κ3) is 3.60. The van der Waals surface area contributed by atoms with Crippen molar-refractivity contribution in [3.63, 3.8) is 0 Å². The zero-order valence-corrected chi connectivity index (χ0v) is 11.3. The number of aryl methyl sites for hydroxylation is 1. The number of nitrogens with one attached hydrogen (secondary N) is 1. The van der Waals surface area contributed by atoms with Crippen LogP contribution in [0, 0.1) is 6.92 Å². The molecular formula is C15H18N2S. The lowest BCUT2D eigenvalue weighted by Gasteiger charge is -2.16. The lowest BCUT2D eigenvalue weighted by Crippen LogP contribution is -2.23. The van der Waals surface area contributed by atoms with Crippen LogP contribution < -0.4 is 10.5 Å². The van der Waals surface area contributed by atoms with Gasteiger partial charge in [0, 0.05) is 11.4 Å². The molecule has 18 heavy (non-hydrogen) atoms. The van der Waals surface area contributed by atoms with Crippen molar-refractivity contribution in [1.82, 2.24) is 4.72 Å². The molecule has 0 aliphatic carbocycles. The van der Waals surface area contributed by atoms with E-state index in [9.17, 15) is 0 Å². The number of rotatable bonds is 5. The molecule has 0 radical (unpaired) electrons. The monoisotopic (exact) mass is 258 g/mol. The Balaban J connectivity index is 1.97. The Kier molecular flexibility index (Phi) is 4.81. The summed E-state index contributed by atoms with van der Waals surface area (Å²) in [6, 6.07) is 18.9. The highest BCUT2D eigenvalue weighted by Crippen LogP contribution is 2.20. The van der Waals surface area contributed by atoms with E-state index in [1.807, 2.05) is 18.2 Å². The van der Waals surface area contributed by atoms with Gasteiger partial charge in [-0.2, -0.15) is 0 Å². The van der Waals surface area contributed by atoms with Gasteiger partial charge in [0.05, 0.1) is 6.04 Å². The minimum Gasteiger partial charge on any atom is -0.329 e. The zero-order chi connectivity index (χ0) is 12.8. The average molecular weight is 258 g/mol. The van der Waals surface area contributed by atoms with Gasteiger partial charge in [0.15, 0.2) is 0 Å². The molecule has 1 unspecified atom stereocenters. The molecule has 2 aromatic rings. The van der Waals surface area contributed by atoms with Gasteiger partial charge in [-0.3, -0.25) is 4.72 Å². The second-order valence-corrected chi connectivity index (χ2v) is 5.14. The molecule has 0 aliphatic heterocycles. The maximum Gasteiger partial charge on any atom is 0.0547 e. The van der Waals surface area contributed by atoms with E-state index in [1.165, 1.54) is 16.0 Å². The van der Waals surface area contributed by atoms with Crippen molar-refractivity contribution in [3.8, 4) is 0 Å². The predicted molar refractivity (Wildman–Crippen MR) is 78.4 cm³/mol. The Morgan fingerprint density at radius 2 is 1.72 bits per heavy atom. The Morgan fingerprint density at radius 1 is 1.06 bits per heavy atom. The van der Waals surface area contributed by atoms with Crippen LogP contribution in [0.2, 0.25) is 0 Å². The van der Waals surface area contributed by atoms with Gasteiger partial charge in [-0.05, 0) is 36.6 Å². The van der Waals surface area contributed by atoms with Crippen LogP contribution in [-0.2, 0) is 0 Å². The Hall–Kier alpha value is -1.29. The van der Waals surface area contributed by atoms with Gasteiger partial charge < -0.3 is 5.73 Å². The normalized spacial score (nSPS) is 12.3. The highest BCUT2D eigenvalue weighted by atomic mass is 32.2. The van der Waals surface area contributed by atoms with E-state index in [0.717, 1.165) is 0 Å². The largest absolute Gasteiger partial charge is 0.329 e. The third-order valence-corrected chi connectivity index (χ3v) is 3.69. The molecule has 0 fully saturated rings. The van der Waals surface area contributed by atoms with Gasteiger partial charge in [-0.25, -0.2) is 0 Å². The molecule has 3 N–H and O–H groups in total. The number of hydrogen-bond acceptors (Lipinski definition) is 3. The molecular weight excluding hydrogens is 240 g/mol. The van der Waals surface area contributed by atoms with Crippen LogP contribution in [-0.4, -0.2) is 6.54 Å². The van der Waals surface area contributed by atoms with Gasteiger partial charge in [0.1, 0.15) is 0 Å². The topological polar surface area (TPSA) is 38.0 Å². The molecule has 0 spiro atoms. The summed E-state index contributed by atoms with van der Waals surface area (Å²) in [7, 11) is 0. The molecule has 0 saturated heterocycles. The van der Waals surface area contributed by atoms with Crippen molar-refractivity contribution < 1.29 is 0 Å². The average Bonchev–Trinajstić information content (AvgIpc) is 2.43. The van der Waals surface area contributed by atoms with Gasteiger partial charge in [0.2, 0.25) is 0 Å². The van der Waals surface area contributed by atoms with E-state index in [-0.39, 0.29) is 6.04 Å². The lowest BCUT2D eigenvalue weighted by molar-refractivity contribution is 0.687. The fourth-order valence-electron chi connectivity index (χ4n) is 1.68. The summed E-state index contributed by atoms with van der Waals surface area (Å²) >= 11 is 1.63. The van der Waals surface area contributed by atoms with E-state index >= 15 is 0 Å². The molecule has 2 aromatic carbocycles. The summed E-state index contributed by atoms with van der Waals surface area (Å²) in [5.41, 5.74) is 8.31. The maximum absolute atomic E-state index is 5.82. The second kappa shape index (κ2) is 6.59. The van der Waals surface area contributed by atoms with Crippen LogP contribution in [0.25, 0.3) is 0 Å². The van der Waals surface area contributed by atoms with Gasteiger partial charge in [0.25, 0.3) is 0 Å². The second-order valence-electron chi connectivity index (χ2n) is 4.23. The first-order valence-electron chi connectivity index (χ1n) is 6.03. The lowest BCUT2D eigenvalue weighted by atomic mass is 10.1. The molecule has 0 amide bonds. The first-order chi connectivity index (χ1) is 8.79. The summed E-state index contributed by atoms with van der Waals surface area (Å²) in [5, 5.41) is 0.